The lowest BCUT2D eigenvalue weighted by molar-refractivity contribution is 0.148. The summed E-state index contributed by atoms with van der Waals surface area (Å²) in [5, 5.41) is 3.51. The molecule has 1 N–H and O–H groups in total. The molecule has 1 fully saturated rings. The summed E-state index contributed by atoms with van der Waals surface area (Å²) < 4.78 is 20.5. The summed E-state index contributed by atoms with van der Waals surface area (Å²) in [5.41, 5.74) is 0.799. The highest BCUT2D eigenvalue weighted by molar-refractivity contribution is 9.10. The van der Waals surface area contributed by atoms with E-state index >= 15 is 0 Å². The smallest absolute Gasteiger partial charge is 0.126 e. The number of benzene rings is 1. The Morgan fingerprint density at radius 1 is 1.45 bits per heavy atom. The van der Waals surface area contributed by atoms with E-state index in [1.807, 2.05) is 6.07 Å². The SMILES string of the molecule is CC(C)CNCC1(Cc2cc(Br)ccc2F)CCOC1. The van der Waals surface area contributed by atoms with Crippen LogP contribution in [-0.2, 0) is 11.2 Å². The van der Waals surface area contributed by atoms with E-state index in [0.29, 0.717) is 12.5 Å². The second-order valence-corrected chi connectivity index (χ2v) is 7.16. The highest BCUT2D eigenvalue weighted by atomic mass is 79.9. The number of hydrogen-bond donors (Lipinski definition) is 1. The molecule has 0 aliphatic carbocycles. The van der Waals surface area contributed by atoms with E-state index < -0.39 is 0 Å². The molecule has 1 aromatic carbocycles. The van der Waals surface area contributed by atoms with Gasteiger partial charge in [-0.2, -0.15) is 0 Å². The van der Waals surface area contributed by atoms with Crippen molar-refractivity contribution < 1.29 is 9.13 Å². The zero-order valence-corrected chi connectivity index (χ0v) is 13.8. The molecule has 2 nitrogen and oxygen atoms in total. The summed E-state index contributed by atoms with van der Waals surface area (Å²) in [5.74, 6) is 0.500. The van der Waals surface area contributed by atoms with Gasteiger partial charge in [-0.3, -0.25) is 0 Å². The summed E-state index contributed by atoms with van der Waals surface area (Å²) >= 11 is 3.42. The highest BCUT2D eigenvalue weighted by Gasteiger charge is 2.35. The van der Waals surface area contributed by atoms with Gasteiger partial charge in [-0.05, 0) is 49.1 Å². The molecule has 0 amide bonds. The van der Waals surface area contributed by atoms with Crippen LogP contribution in [0.2, 0.25) is 0 Å². The van der Waals surface area contributed by atoms with Crippen molar-refractivity contribution in [2.45, 2.75) is 26.7 Å². The van der Waals surface area contributed by atoms with Gasteiger partial charge in [0.05, 0.1) is 6.61 Å². The van der Waals surface area contributed by atoms with Crippen molar-refractivity contribution >= 4 is 15.9 Å². The van der Waals surface area contributed by atoms with E-state index in [0.717, 1.165) is 42.6 Å². The highest BCUT2D eigenvalue weighted by Crippen LogP contribution is 2.33. The van der Waals surface area contributed by atoms with E-state index in [4.69, 9.17) is 4.74 Å². The van der Waals surface area contributed by atoms with E-state index in [1.165, 1.54) is 6.07 Å². The van der Waals surface area contributed by atoms with Gasteiger partial charge in [0.1, 0.15) is 5.82 Å². The van der Waals surface area contributed by atoms with Gasteiger partial charge in [0.2, 0.25) is 0 Å². The van der Waals surface area contributed by atoms with Crippen molar-refractivity contribution in [3.8, 4) is 0 Å². The molecule has 1 aliphatic heterocycles. The number of nitrogens with one attached hydrogen (secondary N) is 1. The largest absolute Gasteiger partial charge is 0.381 e. The van der Waals surface area contributed by atoms with Gasteiger partial charge >= 0.3 is 0 Å². The maximum Gasteiger partial charge on any atom is 0.126 e. The first-order valence-electron chi connectivity index (χ1n) is 7.23. The molecule has 0 aromatic heterocycles. The van der Waals surface area contributed by atoms with Crippen LogP contribution >= 0.6 is 15.9 Å². The minimum atomic E-state index is -0.122. The van der Waals surface area contributed by atoms with Gasteiger partial charge in [-0.15, -0.1) is 0 Å². The van der Waals surface area contributed by atoms with Gasteiger partial charge in [0.25, 0.3) is 0 Å². The van der Waals surface area contributed by atoms with Crippen LogP contribution in [0.3, 0.4) is 0 Å². The van der Waals surface area contributed by atoms with Crippen LogP contribution in [0.15, 0.2) is 22.7 Å². The van der Waals surface area contributed by atoms with E-state index in [9.17, 15) is 4.39 Å². The van der Waals surface area contributed by atoms with Crippen molar-refractivity contribution in [1.29, 1.82) is 0 Å². The quantitative estimate of drug-likeness (QED) is 0.848. The van der Waals surface area contributed by atoms with Crippen LogP contribution in [0.4, 0.5) is 4.39 Å². The first-order chi connectivity index (χ1) is 9.51. The minimum Gasteiger partial charge on any atom is -0.381 e. The van der Waals surface area contributed by atoms with Gasteiger partial charge < -0.3 is 10.1 Å². The summed E-state index contributed by atoms with van der Waals surface area (Å²) in [7, 11) is 0. The Morgan fingerprint density at radius 3 is 2.90 bits per heavy atom. The molecule has 1 atom stereocenters. The third kappa shape index (κ3) is 4.27. The van der Waals surface area contributed by atoms with Crippen molar-refractivity contribution in [3.05, 3.63) is 34.1 Å². The number of halogens is 2. The standard InChI is InChI=1S/C16H23BrFNO/c1-12(2)9-19-10-16(5-6-20-11-16)8-13-7-14(17)3-4-15(13)18/h3-4,7,12,19H,5-6,8-11H2,1-2H3. The van der Waals surface area contributed by atoms with Crippen LogP contribution < -0.4 is 5.32 Å². The lowest BCUT2D eigenvalue weighted by Crippen LogP contribution is -2.38. The maximum absolute atomic E-state index is 14.0. The molecule has 20 heavy (non-hydrogen) atoms. The molecule has 2 rings (SSSR count). The Labute approximate surface area is 129 Å². The summed E-state index contributed by atoms with van der Waals surface area (Å²) in [6.45, 7) is 7.75. The zero-order valence-electron chi connectivity index (χ0n) is 12.2. The van der Waals surface area contributed by atoms with Crippen molar-refractivity contribution in [3.63, 3.8) is 0 Å². The Morgan fingerprint density at radius 2 is 2.25 bits per heavy atom. The molecule has 1 aliphatic rings. The maximum atomic E-state index is 14.0. The van der Waals surface area contributed by atoms with E-state index in [-0.39, 0.29) is 11.2 Å². The van der Waals surface area contributed by atoms with Gasteiger partial charge in [-0.25, -0.2) is 4.39 Å². The fourth-order valence-electron chi connectivity index (χ4n) is 2.70. The Kier molecular flexibility index (Phi) is 5.58. The molecule has 1 heterocycles. The average Bonchev–Trinajstić information content (AvgIpc) is 2.82. The predicted molar refractivity (Wildman–Crippen MR) is 83.4 cm³/mol. The Hall–Kier alpha value is -0.450. The fourth-order valence-corrected chi connectivity index (χ4v) is 3.11. The molecule has 1 aromatic rings. The molecule has 1 saturated heterocycles. The van der Waals surface area contributed by atoms with E-state index in [1.54, 1.807) is 6.07 Å². The number of hydrogen-bond acceptors (Lipinski definition) is 2. The molecule has 1 unspecified atom stereocenters. The minimum absolute atomic E-state index is 0.0243. The van der Waals surface area contributed by atoms with Crippen LogP contribution in [-0.4, -0.2) is 26.3 Å². The molecular formula is C16H23BrFNO. The van der Waals surface area contributed by atoms with Gasteiger partial charge in [0, 0.05) is 23.0 Å². The molecule has 0 radical (unpaired) electrons. The second-order valence-electron chi connectivity index (χ2n) is 6.24. The first kappa shape index (κ1) is 15.9. The summed E-state index contributed by atoms with van der Waals surface area (Å²) in [6, 6.07) is 5.16. The molecule has 112 valence electrons. The number of ether oxygens (including phenoxy) is 1. The number of rotatable bonds is 6. The molecule has 0 saturated carbocycles. The van der Waals surface area contributed by atoms with Crippen molar-refractivity contribution in [1.82, 2.24) is 5.32 Å². The lowest BCUT2D eigenvalue weighted by Gasteiger charge is -2.28. The molecule has 0 spiro atoms. The van der Waals surface area contributed by atoms with E-state index in [2.05, 4.69) is 35.1 Å². The van der Waals surface area contributed by atoms with Gasteiger partial charge in [0.15, 0.2) is 0 Å². The fraction of sp³-hybridized carbons (Fsp3) is 0.625. The third-order valence-corrected chi connectivity index (χ3v) is 4.30. The molecular weight excluding hydrogens is 321 g/mol. The Bertz CT molecular complexity index is 444. The second kappa shape index (κ2) is 7.01. The first-order valence-corrected chi connectivity index (χ1v) is 8.02. The topological polar surface area (TPSA) is 21.3 Å². The molecule has 4 heteroatoms. The predicted octanol–water partition coefficient (Wildman–Crippen LogP) is 3.78. The summed E-state index contributed by atoms with van der Waals surface area (Å²) in [4.78, 5) is 0. The zero-order chi connectivity index (χ0) is 14.6. The molecule has 0 bridgehead atoms. The van der Waals surface area contributed by atoms with Crippen molar-refractivity contribution in [2.24, 2.45) is 11.3 Å². The monoisotopic (exact) mass is 343 g/mol. The Balaban J connectivity index is 2.06. The normalized spacial score (nSPS) is 22.6. The van der Waals surface area contributed by atoms with Crippen LogP contribution in [0.25, 0.3) is 0 Å². The van der Waals surface area contributed by atoms with Crippen LogP contribution in [0, 0.1) is 17.2 Å². The third-order valence-electron chi connectivity index (χ3n) is 3.81. The van der Waals surface area contributed by atoms with Crippen LogP contribution in [0.5, 0.6) is 0 Å². The van der Waals surface area contributed by atoms with Crippen LogP contribution in [0.1, 0.15) is 25.8 Å². The van der Waals surface area contributed by atoms with Gasteiger partial charge in [-0.1, -0.05) is 29.8 Å². The van der Waals surface area contributed by atoms with Crippen molar-refractivity contribution in [2.75, 3.05) is 26.3 Å². The summed E-state index contributed by atoms with van der Waals surface area (Å²) in [6.07, 6.45) is 1.72. The lowest BCUT2D eigenvalue weighted by atomic mass is 9.80. The average molecular weight is 344 g/mol.